The average Bonchev–Trinajstić information content (AvgIpc) is 3.23. The summed E-state index contributed by atoms with van der Waals surface area (Å²) in [5.41, 5.74) is 0. The molecule has 0 spiro atoms. The normalized spacial score (nSPS) is 11.7. The van der Waals surface area contributed by atoms with E-state index in [2.05, 4.69) is 34.7 Å². The standard InChI is InChI=1S/C18H27N3O2S/c1-3-22-12-5-10-19-18(20-11-9-16-6-4-13-23-16)21-14-17-8-7-15(2)24-17/h4,6-8,13H,3,5,9-12,14H2,1-2H3,(H2,19,20,21). The van der Waals surface area contributed by atoms with E-state index >= 15 is 0 Å². The molecule has 6 heteroatoms. The maximum Gasteiger partial charge on any atom is 0.191 e. The predicted molar refractivity (Wildman–Crippen MR) is 99.7 cm³/mol. The molecule has 0 amide bonds. The van der Waals surface area contributed by atoms with Crippen LogP contribution in [0.1, 0.15) is 28.9 Å². The van der Waals surface area contributed by atoms with Crippen LogP contribution in [0.2, 0.25) is 0 Å². The Kier molecular flexibility index (Phi) is 8.41. The number of aliphatic imine (C=N–C) groups is 1. The van der Waals surface area contributed by atoms with Crippen LogP contribution in [0.25, 0.3) is 0 Å². The molecule has 2 heterocycles. The number of nitrogens with zero attached hydrogens (tertiary/aromatic N) is 1. The second-order valence-electron chi connectivity index (χ2n) is 5.41. The molecule has 0 unspecified atom stereocenters. The van der Waals surface area contributed by atoms with Crippen molar-refractivity contribution in [2.75, 3.05) is 26.3 Å². The Morgan fingerprint density at radius 1 is 1.25 bits per heavy atom. The maximum absolute atomic E-state index is 5.37. The molecule has 0 fully saturated rings. The molecule has 0 saturated carbocycles. The Morgan fingerprint density at radius 2 is 2.12 bits per heavy atom. The molecule has 0 aliphatic carbocycles. The fourth-order valence-electron chi connectivity index (χ4n) is 2.19. The molecule has 2 N–H and O–H groups in total. The van der Waals surface area contributed by atoms with Crippen molar-refractivity contribution in [1.82, 2.24) is 10.6 Å². The first-order chi connectivity index (χ1) is 11.8. The van der Waals surface area contributed by atoms with Crippen LogP contribution >= 0.6 is 11.3 Å². The lowest BCUT2D eigenvalue weighted by molar-refractivity contribution is 0.145. The highest BCUT2D eigenvalue weighted by Crippen LogP contribution is 2.15. The van der Waals surface area contributed by atoms with Crippen molar-refractivity contribution in [3.63, 3.8) is 0 Å². The lowest BCUT2D eigenvalue weighted by Gasteiger charge is -2.12. The predicted octanol–water partition coefficient (Wildman–Crippen LogP) is 3.35. The molecule has 0 radical (unpaired) electrons. The summed E-state index contributed by atoms with van der Waals surface area (Å²) in [4.78, 5) is 7.27. The number of aryl methyl sites for hydroxylation is 1. The van der Waals surface area contributed by atoms with E-state index in [0.29, 0.717) is 6.54 Å². The molecular formula is C18H27N3O2S. The minimum atomic E-state index is 0.694. The van der Waals surface area contributed by atoms with Gasteiger partial charge in [0.25, 0.3) is 0 Å². The van der Waals surface area contributed by atoms with Crippen molar-refractivity contribution in [3.8, 4) is 0 Å². The van der Waals surface area contributed by atoms with Gasteiger partial charge >= 0.3 is 0 Å². The Labute approximate surface area is 148 Å². The Morgan fingerprint density at radius 3 is 2.83 bits per heavy atom. The number of ether oxygens (including phenoxy) is 1. The van der Waals surface area contributed by atoms with Gasteiger partial charge in [0.15, 0.2) is 5.96 Å². The van der Waals surface area contributed by atoms with Crippen molar-refractivity contribution >= 4 is 17.3 Å². The first kappa shape index (κ1) is 18.5. The number of guanidine groups is 1. The molecule has 0 aliphatic rings. The van der Waals surface area contributed by atoms with Crippen LogP contribution in [0.4, 0.5) is 0 Å². The summed E-state index contributed by atoms with van der Waals surface area (Å²) >= 11 is 1.79. The van der Waals surface area contributed by atoms with Crippen LogP contribution in [0.15, 0.2) is 39.9 Å². The molecule has 2 aromatic rings. The molecule has 0 atom stereocenters. The molecular weight excluding hydrogens is 322 g/mol. The van der Waals surface area contributed by atoms with Gasteiger partial charge in [0.05, 0.1) is 12.8 Å². The maximum atomic E-state index is 5.37. The summed E-state index contributed by atoms with van der Waals surface area (Å²) < 4.78 is 10.7. The number of rotatable bonds is 10. The zero-order chi connectivity index (χ0) is 17.0. The molecule has 0 saturated heterocycles. The molecule has 2 rings (SSSR count). The molecule has 2 aromatic heterocycles. The zero-order valence-corrected chi connectivity index (χ0v) is 15.3. The molecule has 0 aromatic carbocycles. The van der Waals surface area contributed by atoms with E-state index in [4.69, 9.17) is 9.15 Å². The summed E-state index contributed by atoms with van der Waals surface area (Å²) in [5, 5.41) is 6.74. The van der Waals surface area contributed by atoms with Gasteiger partial charge in [-0.2, -0.15) is 0 Å². The van der Waals surface area contributed by atoms with Gasteiger partial charge in [-0.3, -0.25) is 0 Å². The minimum Gasteiger partial charge on any atom is -0.469 e. The van der Waals surface area contributed by atoms with Crippen LogP contribution in [-0.4, -0.2) is 32.3 Å². The van der Waals surface area contributed by atoms with Crippen LogP contribution in [0.5, 0.6) is 0 Å². The third kappa shape index (κ3) is 7.19. The van der Waals surface area contributed by atoms with Crippen LogP contribution in [-0.2, 0) is 17.7 Å². The number of thiophene rings is 1. The van der Waals surface area contributed by atoms with E-state index in [1.165, 1.54) is 9.75 Å². The van der Waals surface area contributed by atoms with E-state index in [0.717, 1.165) is 50.9 Å². The third-order valence-corrected chi connectivity index (χ3v) is 4.38. The third-order valence-electron chi connectivity index (χ3n) is 3.39. The number of hydrogen-bond donors (Lipinski definition) is 2. The summed E-state index contributed by atoms with van der Waals surface area (Å²) in [6, 6.07) is 8.17. The van der Waals surface area contributed by atoms with E-state index in [1.54, 1.807) is 17.6 Å². The summed E-state index contributed by atoms with van der Waals surface area (Å²) in [6.07, 6.45) is 3.50. The van der Waals surface area contributed by atoms with Gasteiger partial charge in [-0.05, 0) is 44.5 Å². The highest BCUT2D eigenvalue weighted by atomic mass is 32.1. The van der Waals surface area contributed by atoms with Gasteiger partial charge in [0.2, 0.25) is 0 Å². The first-order valence-corrected chi connectivity index (χ1v) is 9.27. The summed E-state index contributed by atoms with van der Waals surface area (Å²) in [7, 11) is 0. The molecule has 0 aliphatic heterocycles. The van der Waals surface area contributed by atoms with Crippen molar-refractivity contribution in [3.05, 3.63) is 46.0 Å². The van der Waals surface area contributed by atoms with Crippen LogP contribution in [0.3, 0.4) is 0 Å². The van der Waals surface area contributed by atoms with Gasteiger partial charge < -0.3 is 19.8 Å². The van der Waals surface area contributed by atoms with Crippen LogP contribution < -0.4 is 10.6 Å². The number of furan rings is 1. The topological polar surface area (TPSA) is 58.8 Å². The Balaban J connectivity index is 1.79. The second kappa shape index (κ2) is 10.9. The summed E-state index contributed by atoms with van der Waals surface area (Å²) in [6.45, 7) is 7.99. The highest BCUT2D eigenvalue weighted by molar-refractivity contribution is 7.11. The van der Waals surface area contributed by atoms with Gasteiger partial charge in [0, 0.05) is 42.5 Å². The Bertz CT molecular complexity index is 593. The molecule has 5 nitrogen and oxygen atoms in total. The van der Waals surface area contributed by atoms with Crippen molar-refractivity contribution in [2.45, 2.75) is 33.2 Å². The van der Waals surface area contributed by atoms with E-state index in [9.17, 15) is 0 Å². The van der Waals surface area contributed by atoms with Gasteiger partial charge in [-0.15, -0.1) is 11.3 Å². The molecule has 132 valence electrons. The lowest BCUT2D eigenvalue weighted by atomic mass is 10.3. The first-order valence-electron chi connectivity index (χ1n) is 8.45. The lowest BCUT2D eigenvalue weighted by Crippen LogP contribution is -2.39. The number of hydrogen-bond acceptors (Lipinski definition) is 4. The SMILES string of the molecule is CCOCCCNC(=NCc1ccc(C)s1)NCCc1ccco1. The van der Waals surface area contributed by atoms with Crippen molar-refractivity contribution < 1.29 is 9.15 Å². The van der Waals surface area contributed by atoms with Gasteiger partial charge in [-0.25, -0.2) is 4.99 Å². The molecule has 24 heavy (non-hydrogen) atoms. The fourth-order valence-corrected chi connectivity index (χ4v) is 3.00. The smallest absolute Gasteiger partial charge is 0.191 e. The second-order valence-corrected chi connectivity index (χ2v) is 6.78. The quantitative estimate of drug-likeness (QED) is 0.392. The highest BCUT2D eigenvalue weighted by Gasteiger charge is 2.02. The molecule has 0 bridgehead atoms. The van der Waals surface area contributed by atoms with E-state index in [1.807, 2.05) is 19.1 Å². The van der Waals surface area contributed by atoms with Crippen molar-refractivity contribution in [1.29, 1.82) is 0 Å². The van der Waals surface area contributed by atoms with Crippen molar-refractivity contribution in [2.24, 2.45) is 4.99 Å². The van der Waals surface area contributed by atoms with Crippen LogP contribution in [0, 0.1) is 6.92 Å². The largest absolute Gasteiger partial charge is 0.469 e. The fraction of sp³-hybridized carbons (Fsp3) is 0.500. The average molecular weight is 350 g/mol. The van der Waals surface area contributed by atoms with E-state index < -0.39 is 0 Å². The van der Waals surface area contributed by atoms with Gasteiger partial charge in [-0.1, -0.05) is 0 Å². The van der Waals surface area contributed by atoms with Gasteiger partial charge in [0.1, 0.15) is 5.76 Å². The monoisotopic (exact) mass is 349 g/mol. The zero-order valence-electron chi connectivity index (χ0n) is 14.5. The minimum absolute atomic E-state index is 0.694. The van der Waals surface area contributed by atoms with E-state index in [-0.39, 0.29) is 0 Å². The Hall–Kier alpha value is -1.79. The summed E-state index contributed by atoms with van der Waals surface area (Å²) in [5.74, 6) is 1.82. The number of nitrogens with one attached hydrogen (secondary N) is 2.